The quantitative estimate of drug-likeness (QED) is 0.631. The molecule has 0 bridgehead atoms. The molecule has 1 fully saturated rings. The van der Waals surface area contributed by atoms with Gasteiger partial charge in [-0.1, -0.05) is 0 Å². The van der Waals surface area contributed by atoms with Crippen LogP contribution in [0, 0.1) is 5.92 Å². The van der Waals surface area contributed by atoms with Gasteiger partial charge in [0.25, 0.3) is 0 Å². The smallest absolute Gasteiger partial charge is 0.330 e. The Kier molecular flexibility index (Phi) is 4.29. The number of hydrogen-bond donors (Lipinski definition) is 2. The van der Waals surface area contributed by atoms with Crippen LogP contribution in [0.15, 0.2) is 0 Å². The SMILES string of the molecule is COC(=O)C(C)(C)NC(=O)CNCC1CC1. The second kappa shape index (κ2) is 5.30. The van der Waals surface area contributed by atoms with E-state index in [0.29, 0.717) is 0 Å². The summed E-state index contributed by atoms with van der Waals surface area (Å²) in [5.41, 5.74) is -0.965. The van der Waals surface area contributed by atoms with Crippen molar-refractivity contribution in [1.82, 2.24) is 10.6 Å². The fourth-order valence-corrected chi connectivity index (χ4v) is 1.41. The van der Waals surface area contributed by atoms with Gasteiger partial charge in [0.1, 0.15) is 5.54 Å². The summed E-state index contributed by atoms with van der Waals surface area (Å²) in [6, 6.07) is 0. The first kappa shape index (κ1) is 13.0. The molecule has 1 amide bonds. The van der Waals surface area contributed by atoms with Crippen molar-refractivity contribution >= 4 is 11.9 Å². The lowest BCUT2D eigenvalue weighted by molar-refractivity contribution is -0.149. The molecule has 0 spiro atoms. The third-order valence-corrected chi connectivity index (χ3v) is 2.56. The van der Waals surface area contributed by atoms with E-state index in [1.54, 1.807) is 13.8 Å². The van der Waals surface area contributed by atoms with Gasteiger partial charge in [-0.3, -0.25) is 4.79 Å². The van der Waals surface area contributed by atoms with E-state index in [9.17, 15) is 9.59 Å². The minimum absolute atomic E-state index is 0.184. The van der Waals surface area contributed by atoms with E-state index < -0.39 is 11.5 Å². The van der Waals surface area contributed by atoms with Crippen LogP contribution in [-0.4, -0.2) is 37.6 Å². The molecular formula is C11H20N2O3. The molecule has 0 aromatic carbocycles. The van der Waals surface area contributed by atoms with Crippen molar-refractivity contribution in [1.29, 1.82) is 0 Å². The number of ether oxygens (including phenoxy) is 1. The molecule has 1 aliphatic carbocycles. The molecule has 92 valence electrons. The Labute approximate surface area is 95.9 Å². The molecule has 1 aliphatic rings. The van der Waals surface area contributed by atoms with Crippen LogP contribution in [-0.2, 0) is 14.3 Å². The number of nitrogens with one attached hydrogen (secondary N) is 2. The van der Waals surface area contributed by atoms with Crippen molar-refractivity contribution < 1.29 is 14.3 Å². The molecule has 0 aromatic heterocycles. The van der Waals surface area contributed by atoms with Gasteiger partial charge in [0, 0.05) is 0 Å². The van der Waals surface area contributed by atoms with Crippen molar-refractivity contribution in [2.45, 2.75) is 32.2 Å². The number of rotatable bonds is 6. The number of amides is 1. The van der Waals surface area contributed by atoms with Gasteiger partial charge in [-0.2, -0.15) is 0 Å². The van der Waals surface area contributed by atoms with Gasteiger partial charge in [-0.05, 0) is 39.2 Å². The zero-order valence-electron chi connectivity index (χ0n) is 10.1. The Balaban J connectivity index is 2.22. The minimum atomic E-state index is -0.965. The molecule has 1 rings (SSSR count). The molecule has 0 aromatic rings. The molecule has 0 radical (unpaired) electrons. The Hall–Kier alpha value is -1.10. The first-order valence-electron chi connectivity index (χ1n) is 5.56. The lowest BCUT2D eigenvalue weighted by Gasteiger charge is -2.23. The molecule has 0 heterocycles. The van der Waals surface area contributed by atoms with Gasteiger partial charge in [-0.25, -0.2) is 4.79 Å². The zero-order chi connectivity index (χ0) is 12.2. The maximum absolute atomic E-state index is 11.5. The van der Waals surface area contributed by atoms with Crippen LogP contribution in [0.2, 0.25) is 0 Å². The van der Waals surface area contributed by atoms with Crippen molar-refractivity contribution in [2.24, 2.45) is 5.92 Å². The summed E-state index contributed by atoms with van der Waals surface area (Å²) < 4.78 is 4.59. The van der Waals surface area contributed by atoms with Crippen LogP contribution in [0.25, 0.3) is 0 Å². The Morgan fingerprint density at radius 3 is 2.50 bits per heavy atom. The van der Waals surface area contributed by atoms with E-state index in [0.717, 1.165) is 12.5 Å². The number of hydrogen-bond acceptors (Lipinski definition) is 4. The molecular weight excluding hydrogens is 208 g/mol. The predicted molar refractivity (Wildman–Crippen MR) is 59.8 cm³/mol. The van der Waals surface area contributed by atoms with Crippen molar-refractivity contribution in [3.8, 4) is 0 Å². The van der Waals surface area contributed by atoms with Gasteiger partial charge < -0.3 is 15.4 Å². The second-order valence-corrected chi connectivity index (χ2v) is 4.74. The van der Waals surface area contributed by atoms with E-state index >= 15 is 0 Å². The first-order valence-corrected chi connectivity index (χ1v) is 5.56. The number of carbonyl (C=O) groups excluding carboxylic acids is 2. The third kappa shape index (κ3) is 4.18. The van der Waals surface area contributed by atoms with Crippen LogP contribution >= 0.6 is 0 Å². The molecule has 0 saturated heterocycles. The van der Waals surface area contributed by atoms with E-state index in [-0.39, 0.29) is 12.5 Å². The molecule has 0 atom stereocenters. The lowest BCUT2D eigenvalue weighted by atomic mass is 10.1. The summed E-state index contributed by atoms with van der Waals surface area (Å²) in [4.78, 5) is 22.8. The summed E-state index contributed by atoms with van der Waals surface area (Å²) in [6.07, 6.45) is 2.50. The van der Waals surface area contributed by atoms with Crippen molar-refractivity contribution in [2.75, 3.05) is 20.2 Å². The second-order valence-electron chi connectivity index (χ2n) is 4.74. The van der Waals surface area contributed by atoms with E-state index in [1.807, 2.05) is 0 Å². The van der Waals surface area contributed by atoms with Crippen molar-refractivity contribution in [3.63, 3.8) is 0 Å². The standard InChI is InChI=1S/C11H20N2O3/c1-11(2,10(15)16-3)13-9(14)7-12-6-8-4-5-8/h8,12H,4-7H2,1-3H3,(H,13,14). The number of methoxy groups -OCH3 is 1. The van der Waals surface area contributed by atoms with Crippen LogP contribution in [0.3, 0.4) is 0 Å². The lowest BCUT2D eigenvalue weighted by Crippen LogP contribution is -2.52. The molecule has 16 heavy (non-hydrogen) atoms. The normalized spacial score (nSPS) is 15.7. The highest BCUT2D eigenvalue weighted by Crippen LogP contribution is 2.27. The van der Waals surface area contributed by atoms with Gasteiger partial charge >= 0.3 is 5.97 Å². The predicted octanol–water partition coefficient (Wildman–Crippen LogP) is 0.0538. The van der Waals surface area contributed by atoms with Crippen LogP contribution in [0.5, 0.6) is 0 Å². The van der Waals surface area contributed by atoms with Gasteiger partial charge in [-0.15, -0.1) is 0 Å². The molecule has 2 N–H and O–H groups in total. The average Bonchev–Trinajstić information content (AvgIpc) is 2.99. The van der Waals surface area contributed by atoms with E-state index in [1.165, 1.54) is 20.0 Å². The Bertz CT molecular complexity index is 272. The fourth-order valence-electron chi connectivity index (χ4n) is 1.41. The maximum atomic E-state index is 11.5. The summed E-state index contributed by atoms with van der Waals surface area (Å²) in [6.45, 7) is 4.37. The van der Waals surface area contributed by atoms with Crippen LogP contribution < -0.4 is 10.6 Å². The van der Waals surface area contributed by atoms with Gasteiger partial charge in [0.15, 0.2) is 0 Å². The summed E-state index contributed by atoms with van der Waals surface area (Å²) in [5, 5.41) is 5.69. The highest BCUT2D eigenvalue weighted by Gasteiger charge is 2.30. The Morgan fingerprint density at radius 1 is 1.38 bits per heavy atom. The largest absolute Gasteiger partial charge is 0.467 e. The third-order valence-electron chi connectivity index (χ3n) is 2.56. The topological polar surface area (TPSA) is 67.4 Å². The molecule has 0 aliphatic heterocycles. The zero-order valence-corrected chi connectivity index (χ0v) is 10.1. The highest BCUT2D eigenvalue weighted by atomic mass is 16.5. The fraction of sp³-hybridized carbons (Fsp3) is 0.818. The van der Waals surface area contributed by atoms with Gasteiger partial charge in [0.2, 0.25) is 5.91 Å². The van der Waals surface area contributed by atoms with E-state index in [4.69, 9.17) is 0 Å². The molecule has 1 saturated carbocycles. The summed E-state index contributed by atoms with van der Waals surface area (Å²) >= 11 is 0. The van der Waals surface area contributed by atoms with Gasteiger partial charge in [0.05, 0.1) is 13.7 Å². The maximum Gasteiger partial charge on any atom is 0.330 e. The number of esters is 1. The van der Waals surface area contributed by atoms with Crippen molar-refractivity contribution in [3.05, 3.63) is 0 Å². The molecule has 5 nitrogen and oxygen atoms in total. The van der Waals surface area contributed by atoms with Crippen LogP contribution in [0.4, 0.5) is 0 Å². The first-order chi connectivity index (χ1) is 7.45. The molecule has 5 heteroatoms. The summed E-state index contributed by atoms with van der Waals surface area (Å²) in [7, 11) is 1.31. The molecule has 0 unspecified atom stereocenters. The van der Waals surface area contributed by atoms with E-state index in [2.05, 4.69) is 15.4 Å². The average molecular weight is 228 g/mol. The monoisotopic (exact) mass is 228 g/mol. The summed E-state index contributed by atoms with van der Waals surface area (Å²) in [5.74, 6) is 0.112. The van der Waals surface area contributed by atoms with Crippen LogP contribution in [0.1, 0.15) is 26.7 Å². The number of carbonyl (C=O) groups is 2. The minimum Gasteiger partial charge on any atom is -0.467 e. The Morgan fingerprint density at radius 2 is 2.00 bits per heavy atom. The highest BCUT2D eigenvalue weighted by molar-refractivity contribution is 5.88.